The van der Waals surface area contributed by atoms with Crippen LogP contribution in [0, 0.1) is 12.3 Å². The van der Waals surface area contributed by atoms with Crippen molar-refractivity contribution in [2.75, 3.05) is 18.4 Å². The van der Waals surface area contributed by atoms with Crippen molar-refractivity contribution >= 4 is 40.2 Å². The van der Waals surface area contributed by atoms with E-state index in [2.05, 4.69) is 43.4 Å². The molecule has 2 amide bonds. The molecule has 4 unspecified atom stereocenters. The molecule has 258 valence electrons. The first kappa shape index (κ1) is 35.3. The van der Waals surface area contributed by atoms with Gasteiger partial charge in [-0.15, -0.1) is 22.7 Å². The molecule has 7 rings (SSSR count). The van der Waals surface area contributed by atoms with Gasteiger partial charge in [-0.2, -0.15) is 0 Å². The first-order valence-corrected chi connectivity index (χ1v) is 19.2. The van der Waals surface area contributed by atoms with Crippen LogP contribution >= 0.6 is 22.7 Å². The number of aliphatic hydroxyl groups excluding tert-OH is 1. The van der Waals surface area contributed by atoms with Crippen LogP contribution < -0.4 is 5.32 Å². The lowest BCUT2D eigenvalue weighted by Gasteiger charge is -2.46. The molecule has 1 saturated carbocycles. The molecular weight excluding hydrogens is 649 g/mol. The van der Waals surface area contributed by atoms with E-state index in [0.29, 0.717) is 61.2 Å². The predicted octanol–water partition coefficient (Wildman–Crippen LogP) is 9.16. The van der Waals surface area contributed by atoms with Gasteiger partial charge < -0.3 is 20.4 Å². The van der Waals surface area contributed by atoms with E-state index in [1.54, 1.807) is 16.2 Å². The lowest BCUT2D eigenvalue weighted by atomic mass is 9.64. The van der Waals surface area contributed by atoms with Gasteiger partial charge in [-0.05, 0) is 124 Å². The summed E-state index contributed by atoms with van der Waals surface area (Å²) in [6.45, 7) is 6.96. The van der Waals surface area contributed by atoms with Crippen LogP contribution in [-0.2, 0) is 12.8 Å². The molecule has 0 saturated heterocycles. The highest BCUT2D eigenvalue weighted by Crippen LogP contribution is 2.59. The number of thiophene rings is 2. The number of nitrogens with zero attached hydrogens (tertiary/aromatic N) is 1. The Kier molecular flexibility index (Phi) is 10.9. The zero-order valence-corrected chi connectivity index (χ0v) is 30.4. The number of carbonyl (C=O) groups is 2. The average Bonchev–Trinajstić information content (AvgIpc) is 3.82. The van der Waals surface area contributed by atoms with Gasteiger partial charge in [0, 0.05) is 33.0 Å². The van der Waals surface area contributed by atoms with Crippen molar-refractivity contribution in [3.63, 3.8) is 0 Å². The van der Waals surface area contributed by atoms with Crippen LogP contribution in [0.4, 0.5) is 10.5 Å². The zero-order chi connectivity index (χ0) is 34.6. The lowest BCUT2D eigenvalue weighted by Crippen LogP contribution is -2.54. The minimum Gasteiger partial charge on any atom is -0.393 e. The van der Waals surface area contributed by atoms with E-state index in [9.17, 15) is 19.8 Å². The summed E-state index contributed by atoms with van der Waals surface area (Å²) in [4.78, 5) is 32.9. The minimum absolute atomic E-state index is 0.00937. The molecule has 3 N–H and O–H groups in total. The average molecular weight is 697 g/mol. The van der Waals surface area contributed by atoms with Crippen molar-refractivity contribution in [2.24, 2.45) is 5.41 Å². The Labute approximate surface area is 298 Å². The molecule has 2 heterocycles. The SMILES string of the molecule is CC1=CCCC2(C)C(CCC2(O)CN(CCc2cccs2)C(=O)Nc2ccccc2)c2ccc(cc2C(=O)c2ccc(C)s2)CC(O)CC1. The molecule has 2 bridgehead atoms. The molecular formula is C41H48N2O4S2. The fourth-order valence-corrected chi connectivity index (χ4v) is 9.40. The van der Waals surface area contributed by atoms with Crippen LogP contribution in [0.2, 0.25) is 0 Å². The highest BCUT2D eigenvalue weighted by Gasteiger charge is 2.57. The number of carbonyl (C=O) groups excluding carboxylic acids is 2. The normalized spacial score (nSPS) is 24.1. The number of aryl methyl sites for hydroxylation is 1. The van der Waals surface area contributed by atoms with E-state index in [4.69, 9.17) is 0 Å². The summed E-state index contributed by atoms with van der Waals surface area (Å²) in [5, 5.41) is 29.0. The van der Waals surface area contributed by atoms with Crippen LogP contribution in [0.1, 0.15) is 94.4 Å². The fourth-order valence-electron chi connectivity index (χ4n) is 7.88. The molecule has 0 spiro atoms. The van der Waals surface area contributed by atoms with E-state index in [1.165, 1.54) is 21.8 Å². The second-order valence-electron chi connectivity index (χ2n) is 14.2. The summed E-state index contributed by atoms with van der Waals surface area (Å²) in [6, 6.07) is 23.4. The number of amides is 2. The molecule has 4 aromatic rings. The molecule has 49 heavy (non-hydrogen) atoms. The van der Waals surface area contributed by atoms with Gasteiger partial charge in [-0.3, -0.25) is 4.79 Å². The third kappa shape index (κ3) is 7.93. The number of nitrogens with one attached hydrogen (secondary N) is 1. The quantitative estimate of drug-likeness (QED) is 0.127. The molecule has 6 nitrogen and oxygen atoms in total. The van der Waals surface area contributed by atoms with E-state index in [1.807, 2.05) is 66.9 Å². The Bertz CT molecular complexity index is 1780. The smallest absolute Gasteiger partial charge is 0.321 e. The number of hydrogen-bond donors (Lipinski definition) is 3. The summed E-state index contributed by atoms with van der Waals surface area (Å²) in [5.74, 6) is -0.116. The first-order valence-electron chi connectivity index (χ1n) is 17.5. The fraction of sp³-hybridized carbons (Fsp3) is 0.415. The molecule has 4 atom stereocenters. The highest BCUT2D eigenvalue weighted by atomic mass is 32.1. The molecule has 0 aliphatic heterocycles. The number of anilines is 1. The topological polar surface area (TPSA) is 89.9 Å². The molecule has 3 aliphatic carbocycles. The Morgan fingerprint density at radius 3 is 2.55 bits per heavy atom. The lowest BCUT2D eigenvalue weighted by molar-refractivity contribution is -0.0762. The van der Waals surface area contributed by atoms with Crippen molar-refractivity contribution in [3.8, 4) is 0 Å². The van der Waals surface area contributed by atoms with Crippen molar-refractivity contribution in [1.82, 2.24) is 4.90 Å². The summed E-state index contributed by atoms with van der Waals surface area (Å²) < 4.78 is 0. The number of para-hydroxylation sites is 1. The number of allylic oxidation sites excluding steroid dienone is 2. The van der Waals surface area contributed by atoms with Crippen molar-refractivity contribution in [2.45, 2.75) is 89.8 Å². The molecule has 2 aromatic carbocycles. The van der Waals surface area contributed by atoms with Gasteiger partial charge in [0.05, 0.1) is 23.1 Å². The van der Waals surface area contributed by atoms with Crippen molar-refractivity contribution < 1.29 is 19.8 Å². The van der Waals surface area contributed by atoms with Crippen molar-refractivity contribution in [3.05, 3.63) is 121 Å². The third-order valence-electron chi connectivity index (χ3n) is 10.9. The molecule has 3 aliphatic rings. The maximum absolute atomic E-state index is 14.2. The van der Waals surface area contributed by atoms with Gasteiger partial charge in [0.25, 0.3) is 0 Å². The molecule has 1 fully saturated rings. The monoisotopic (exact) mass is 696 g/mol. The Morgan fingerprint density at radius 2 is 1.82 bits per heavy atom. The second kappa shape index (κ2) is 15.1. The van der Waals surface area contributed by atoms with Crippen LogP contribution in [0.25, 0.3) is 0 Å². The zero-order valence-electron chi connectivity index (χ0n) is 28.8. The number of urea groups is 1. The van der Waals surface area contributed by atoms with Crippen LogP contribution in [-0.4, -0.2) is 51.7 Å². The van der Waals surface area contributed by atoms with Crippen LogP contribution in [0.15, 0.2) is 89.8 Å². The highest BCUT2D eigenvalue weighted by molar-refractivity contribution is 7.14. The van der Waals surface area contributed by atoms with Gasteiger partial charge in [0.15, 0.2) is 0 Å². The summed E-state index contributed by atoms with van der Waals surface area (Å²) in [5.41, 5.74) is 2.66. The Morgan fingerprint density at radius 1 is 1.00 bits per heavy atom. The molecule has 2 aromatic heterocycles. The van der Waals surface area contributed by atoms with E-state index in [-0.39, 0.29) is 24.3 Å². The number of aliphatic hydroxyl groups is 2. The van der Waals surface area contributed by atoms with Gasteiger partial charge in [0.2, 0.25) is 5.78 Å². The number of ketones is 1. The minimum atomic E-state index is -1.20. The van der Waals surface area contributed by atoms with Gasteiger partial charge in [-0.25, -0.2) is 4.79 Å². The molecule has 0 radical (unpaired) electrons. The van der Waals surface area contributed by atoms with E-state index in [0.717, 1.165) is 28.8 Å². The predicted molar refractivity (Wildman–Crippen MR) is 201 cm³/mol. The Balaban J connectivity index is 1.39. The summed E-state index contributed by atoms with van der Waals surface area (Å²) in [6.07, 6.45) is 7.04. The Hall–Kier alpha value is -3.56. The summed E-state index contributed by atoms with van der Waals surface area (Å²) in [7, 11) is 0. The van der Waals surface area contributed by atoms with Crippen LogP contribution in [0.3, 0.4) is 0 Å². The van der Waals surface area contributed by atoms with E-state index >= 15 is 0 Å². The number of fused-ring (bicyclic) bond motifs is 8. The third-order valence-corrected chi connectivity index (χ3v) is 12.8. The number of benzene rings is 2. The number of rotatable bonds is 8. The van der Waals surface area contributed by atoms with Gasteiger partial charge >= 0.3 is 6.03 Å². The molecule has 8 heteroatoms. The van der Waals surface area contributed by atoms with E-state index < -0.39 is 17.1 Å². The summed E-state index contributed by atoms with van der Waals surface area (Å²) >= 11 is 3.17. The van der Waals surface area contributed by atoms with Crippen molar-refractivity contribution in [1.29, 1.82) is 0 Å². The van der Waals surface area contributed by atoms with Gasteiger partial charge in [-0.1, -0.05) is 55.0 Å². The second-order valence-corrected chi connectivity index (χ2v) is 16.6. The maximum Gasteiger partial charge on any atom is 0.321 e. The number of hydrogen-bond acceptors (Lipinski definition) is 6. The standard InChI is InChI=1S/C41H48N2O4S2/c1-28-9-7-21-40(3)36(34-17-15-30(25-32(44)16-13-28)26-35(34)38(45)37-18-14-29(2)49-37)19-22-41(40,47)27-43(23-20-33-12-8-24-48-33)39(46)42-31-10-5-4-6-11-31/h4-6,8-12,14-15,17-18,24,26,32,36,44,47H,7,13,16,19-23,25,27H2,1-3H3,(H,42,46). The maximum atomic E-state index is 14.2. The first-order chi connectivity index (χ1) is 23.5. The van der Waals surface area contributed by atoms with Crippen LogP contribution in [0.5, 0.6) is 0 Å². The largest absolute Gasteiger partial charge is 0.393 e. The van der Waals surface area contributed by atoms with Gasteiger partial charge in [0.1, 0.15) is 0 Å².